The second kappa shape index (κ2) is 9.44. The summed E-state index contributed by atoms with van der Waals surface area (Å²) in [5.41, 5.74) is 1.15. The lowest BCUT2D eigenvalue weighted by atomic mass is 10.1. The molecule has 0 bridgehead atoms. The predicted octanol–water partition coefficient (Wildman–Crippen LogP) is 4.73. The zero-order valence-corrected chi connectivity index (χ0v) is 19.6. The normalized spacial score (nSPS) is 19.7. The summed E-state index contributed by atoms with van der Waals surface area (Å²) in [5.74, 6) is -0.449. The molecule has 0 atom stereocenters. The van der Waals surface area contributed by atoms with Gasteiger partial charge in [-0.3, -0.25) is 4.57 Å². The van der Waals surface area contributed by atoms with Crippen LogP contribution < -0.4 is 10.6 Å². The van der Waals surface area contributed by atoms with E-state index in [4.69, 9.17) is 4.98 Å². The van der Waals surface area contributed by atoms with E-state index in [-0.39, 0.29) is 23.2 Å². The van der Waals surface area contributed by atoms with E-state index in [0.717, 1.165) is 18.9 Å². The van der Waals surface area contributed by atoms with E-state index in [1.165, 1.54) is 37.8 Å². The highest BCUT2D eigenvalue weighted by Crippen LogP contribution is 2.33. The fourth-order valence-electron chi connectivity index (χ4n) is 4.85. The number of sulfone groups is 1. The van der Waals surface area contributed by atoms with Crippen molar-refractivity contribution in [3.05, 3.63) is 36.0 Å². The molecule has 3 heterocycles. The number of nitrogens with zero attached hydrogens (tertiary/aromatic N) is 4. The molecule has 182 valence electrons. The van der Waals surface area contributed by atoms with Crippen LogP contribution in [0.1, 0.15) is 57.4 Å². The number of aromatic nitrogens is 4. The molecule has 0 radical (unpaired) electrons. The first-order chi connectivity index (χ1) is 16.4. The van der Waals surface area contributed by atoms with Crippen LogP contribution in [0.3, 0.4) is 0 Å². The standard InChI is InChI=1S/C23H28F2N6O2S/c24-15-7-8-19(18(25)13-15)28-23-29-20-14-26-22(27-16-5-3-1-2-4-6-16)30-21(20)31(23)17-9-11-34(32,33)12-10-17/h7-8,13-14,16-17H,1-6,9-12H2,(H,28,29)(H,26,27,30). The molecular formula is C23H28F2N6O2S. The predicted molar refractivity (Wildman–Crippen MR) is 127 cm³/mol. The number of halogens is 2. The van der Waals surface area contributed by atoms with E-state index in [1.807, 2.05) is 4.57 Å². The molecule has 1 aliphatic carbocycles. The van der Waals surface area contributed by atoms with Crippen molar-refractivity contribution in [2.75, 3.05) is 22.1 Å². The number of benzene rings is 1. The van der Waals surface area contributed by atoms with Crippen molar-refractivity contribution in [2.45, 2.75) is 63.5 Å². The minimum Gasteiger partial charge on any atom is -0.351 e. The third-order valence-electron chi connectivity index (χ3n) is 6.69. The summed E-state index contributed by atoms with van der Waals surface area (Å²) < 4.78 is 53.6. The highest BCUT2D eigenvalue weighted by atomic mass is 32.2. The molecule has 1 saturated carbocycles. The summed E-state index contributed by atoms with van der Waals surface area (Å²) in [6, 6.07) is 3.41. The minimum absolute atomic E-state index is 0.0694. The molecule has 0 amide bonds. The topological polar surface area (TPSA) is 102 Å². The van der Waals surface area contributed by atoms with Gasteiger partial charge in [-0.1, -0.05) is 25.7 Å². The Morgan fingerprint density at radius 2 is 1.71 bits per heavy atom. The molecule has 5 rings (SSSR count). The summed E-state index contributed by atoms with van der Waals surface area (Å²) in [5, 5.41) is 6.41. The Hall–Kier alpha value is -2.82. The Morgan fingerprint density at radius 3 is 2.41 bits per heavy atom. The van der Waals surface area contributed by atoms with Crippen LogP contribution in [0.5, 0.6) is 0 Å². The Balaban J connectivity index is 1.52. The number of hydrogen-bond acceptors (Lipinski definition) is 7. The third-order valence-corrected chi connectivity index (χ3v) is 8.40. The summed E-state index contributed by atoms with van der Waals surface area (Å²) in [4.78, 5) is 13.8. The van der Waals surface area contributed by atoms with Crippen LogP contribution in [0.2, 0.25) is 0 Å². The molecule has 3 aromatic rings. The molecule has 2 aliphatic rings. The Morgan fingerprint density at radius 1 is 0.971 bits per heavy atom. The molecule has 2 N–H and O–H groups in total. The number of imidazole rings is 1. The van der Waals surface area contributed by atoms with E-state index in [9.17, 15) is 17.2 Å². The SMILES string of the molecule is O=S1(=O)CCC(n2c(Nc3ccc(F)cc3F)nc3cnc(NC4CCCCCC4)nc32)CC1. The lowest BCUT2D eigenvalue weighted by molar-refractivity contribution is 0.461. The fraction of sp³-hybridized carbons (Fsp3) is 0.522. The minimum atomic E-state index is -3.07. The first-order valence-corrected chi connectivity index (χ1v) is 13.6. The van der Waals surface area contributed by atoms with Crippen LogP contribution in [0.15, 0.2) is 24.4 Å². The van der Waals surface area contributed by atoms with Crippen molar-refractivity contribution >= 4 is 38.6 Å². The van der Waals surface area contributed by atoms with Crippen molar-refractivity contribution in [3.63, 3.8) is 0 Å². The number of fused-ring (bicyclic) bond motifs is 1. The zero-order chi connectivity index (χ0) is 23.7. The van der Waals surface area contributed by atoms with E-state index in [0.29, 0.717) is 41.9 Å². The summed E-state index contributed by atoms with van der Waals surface area (Å²) in [6.45, 7) is 0. The van der Waals surface area contributed by atoms with Crippen LogP contribution >= 0.6 is 0 Å². The van der Waals surface area contributed by atoms with Gasteiger partial charge in [-0.25, -0.2) is 27.2 Å². The number of hydrogen-bond donors (Lipinski definition) is 2. The third kappa shape index (κ3) is 4.98. The van der Waals surface area contributed by atoms with Gasteiger partial charge in [0.25, 0.3) is 0 Å². The molecule has 0 unspecified atom stereocenters. The van der Waals surface area contributed by atoms with E-state index in [1.54, 1.807) is 6.20 Å². The van der Waals surface area contributed by atoms with Crippen molar-refractivity contribution in [1.82, 2.24) is 19.5 Å². The van der Waals surface area contributed by atoms with Crippen molar-refractivity contribution in [3.8, 4) is 0 Å². The van der Waals surface area contributed by atoms with Gasteiger partial charge in [0.2, 0.25) is 11.9 Å². The molecule has 11 heteroatoms. The molecule has 34 heavy (non-hydrogen) atoms. The largest absolute Gasteiger partial charge is 0.351 e. The van der Waals surface area contributed by atoms with Gasteiger partial charge in [0.15, 0.2) is 5.65 Å². The second-order valence-electron chi connectivity index (χ2n) is 9.17. The average molecular weight is 491 g/mol. The van der Waals surface area contributed by atoms with Crippen LogP contribution in [-0.4, -0.2) is 45.5 Å². The van der Waals surface area contributed by atoms with Crippen molar-refractivity contribution in [1.29, 1.82) is 0 Å². The lowest BCUT2D eigenvalue weighted by Crippen LogP contribution is -2.26. The second-order valence-corrected chi connectivity index (χ2v) is 11.5. The smallest absolute Gasteiger partial charge is 0.224 e. The van der Waals surface area contributed by atoms with Gasteiger partial charge < -0.3 is 10.6 Å². The van der Waals surface area contributed by atoms with Gasteiger partial charge in [-0.15, -0.1) is 0 Å². The van der Waals surface area contributed by atoms with Crippen LogP contribution in [0, 0.1) is 11.6 Å². The number of anilines is 3. The quantitative estimate of drug-likeness (QED) is 0.499. The van der Waals surface area contributed by atoms with Gasteiger partial charge in [0.1, 0.15) is 27.0 Å². The molecular weight excluding hydrogens is 462 g/mol. The molecule has 1 aliphatic heterocycles. The molecule has 0 spiro atoms. The first kappa shape index (κ1) is 22.9. The highest BCUT2D eigenvalue weighted by molar-refractivity contribution is 7.91. The van der Waals surface area contributed by atoms with E-state index >= 15 is 0 Å². The van der Waals surface area contributed by atoms with Gasteiger partial charge in [0.05, 0.1) is 23.4 Å². The molecule has 1 saturated heterocycles. The Kier molecular flexibility index (Phi) is 6.37. The van der Waals surface area contributed by atoms with Crippen molar-refractivity contribution < 1.29 is 17.2 Å². The number of nitrogens with one attached hydrogen (secondary N) is 2. The first-order valence-electron chi connectivity index (χ1n) is 11.8. The van der Waals surface area contributed by atoms with Crippen molar-refractivity contribution in [2.24, 2.45) is 0 Å². The fourth-order valence-corrected chi connectivity index (χ4v) is 6.31. The molecule has 2 fully saturated rings. The summed E-state index contributed by atoms with van der Waals surface area (Å²) >= 11 is 0. The number of rotatable bonds is 5. The summed E-state index contributed by atoms with van der Waals surface area (Å²) in [6.07, 6.45) is 9.40. The maximum atomic E-state index is 14.4. The van der Waals surface area contributed by atoms with Crippen LogP contribution in [0.4, 0.5) is 26.4 Å². The Bertz CT molecular complexity index is 1270. The van der Waals surface area contributed by atoms with Gasteiger partial charge in [0, 0.05) is 18.2 Å². The van der Waals surface area contributed by atoms with E-state index < -0.39 is 21.5 Å². The summed E-state index contributed by atoms with van der Waals surface area (Å²) in [7, 11) is -3.07. The van der Waals surface area contributed by atoms with Gasteiger partial charge in [-0.2, -0.15) is 4.98 Å². The van der Waals surface area contributed by atoms with E-state index in [2.05, 4.69) is 20.6 Å². The van der Waals surface area contributed by atoms with Crippen LogP contribution in [0.25, 0.3) is 11.2 Å². The Labute approximate surface area is 197 Å². The maximum absolute atomic E-state index is 14.4. The van der Waals surface area contributed by atoms with Crippen LogP contribution in [-0.2, 0) is 9.84 Å². The lowest BCUT2D eigenvalue weighted by Gasteiger charge is -2.25. The van der Waals surface area contributed by atoms with Gasteiger partial charge in [-0.05, 0) is 37.8 Å². The maximum Gasteiger partial charge on any atom is 0.224 e. The zero-order valence-electron chi connectivity index (χ0n) is 18.8. The highest BCUT2D eigenvalue weighted by Gasteiger charge is 2.29. The molecule has 2 aromatic heterocycles. The monoisotopic (exact) mass is 490 g/mol. The molecule has 1 aromatic carbocycles. The average Bonchev–Trinajstić information content (AvgIpc) is 2.95. The van der Waals surface area contributed by atoms with Gasteiger partial charge >= 0.3 is 0 Å². The molecule has 8 nitrogen and oxygen atoms in total.